The molecule has 0 bridgehead atoms. The number of carbonyl (C=O) groups is 2. The lowest BCUT2D eigenvalue weighted by atomic mass is 9.87. The molecule has 0 aliphatic heterocycles. The predicted octanol–water partition coefficient (Wildman–Crippen LogP) is 2.86. The second-order valence-corrected chi connectivity index (χ2v) is 5.42. The first-order chi connectivity index (χ1) is 9.23. The summed E-state index contributed by atoms with van der Waals surface area (Å²) >= 11 is 0. The highest BCUT2D eigenvalue weighted by molar-refractivity contribution is 5.87. The first-order valence-corrected chi connectivity index (χ1v) is 6.83. The van der Waals surface area contributed by atoms with Crippen molar-refractivity contribution in [3.8, 4) is 0 Å². The average molecular weight is 277 g/mol. The lowest BCUT2D eigenvalue weighted by Crippen LogP contribution is -2.52. The lowest BCUT2D eigenvalue weighted by molar-refractivity contribution is -0.158. The maximum Gasteiger partial charge on any atom is 0.334 e. The van der Waals surface area contributed by atoms with E-state index in [1.165, 1.54) is 11.8 Å². The molecule has 4 nitrogen and oxygen atoms in total. The van der Waals surface area contributed by atoms with E-state index in [4.69, 9.17) is 0 Å². The molecule has 0 saturated heterocycles. The fourth-order valence-electron chi connectivity index (χ4n) is 2.57. The van der Waals surface area contributed by atoms with Gasteiger partial charge in [-0.15, -0.1) is 0 Å². The van der Waals surface area contributed by atoms with E-state index in [9.17, 15) is 14.7 Å². The van der Waals surface area contributed by atoms with Gasteiger partial charge in [-0.2, -0.15) is 0 Å². The van der Waals surface area contributed by atoms with E-state index >= 15 is 0 Å². The standard InChI is InChI=1S/C16H23NO3/c1-6-7-17(13(4)18)16(5,15(19)20)14-9-11(2)8-12(3)10-14/h8-10H,6-7H2,1-5H3,(H,19,20). The number of aliphatic carboxylic acids is 1. The average Bonchev–Trinajstić information content (AvgIpc) is 2.33. The van der Waals surface area contributed by atoms with Crippen LogP contribution in [0.1, 0.15) is 43.9 Å². The highest BCUT2D eigenvalue weighted by Crippen LogP contribution is 2.30. The van der Waals surface area contributed by atoms with Gasteiger partial charge in [-0.1, -0.05) is 36.2 Å². The third-order valence-electron chi connectivity index (χ3n) is 3.57. The number of aryl methyl sites for hydroxylation is 2. The van der Waals surface area contributed by atoms with Crippen LogP contribution < -0.4 is 0 Å². The number of carboxylic acids is 1. The number of hydrogen-bond donors (Lipinski definition) is 1. The minimum absolute atomic E-state index is 0.226. The molecule has 1 atom stereocenters. The van der Waals surface area contributed by atoms with E-state index in [2.05, 4.69) is 0 Å². The molecule has 1 N–H and O–H groups in total. The van der Waals surface area contributed by atoms with Crippen LogP contribution >= 0.6 is 0 Å². The maximum absolute atomic E-state index is 11.9. The van der Waals surface area contributed by atoms with Gasteiger partial charge in [0.15, 0.2) is 5.54 Å². The third kappa shape index (κ3) is 3.00. The predicted molar refractivity (Wildman–Crippen MR) is 78.6 cm³/mol. The Kier molecular flexibility index (Phi) is 4.93. The van der Waals surface area contributed by atoms with Crippen molar-refractivity contribution in [2.45, 2.75) is 46.6 Å². The monoisotopic (exact) mass is 277 g/mol. The summed E-state index contributed by atoms with van der Waals surface area (Å²) in [5, 5.41) is 9.72. The van der Waals surface area contributed by atoms with Crippen molar-refractivity contribution >= 4 is 11.9 Å². The van der Waals surface area contributed by atoms with E-state index in [-0.39, 0.29) is 5.91 Å². The van der Waals surface area contributed by atoms with E-state index in [1.807, 2.05) is 39.0 Å². The van der Waals surface area contributed by atoms with Gasteiger partial charge in [0, 0.05) is 13.5 Å². The van der Waals surface area contributed by atoms with Crippen LogP contribution in [0.2, 0.25) is 0 Å². The molecule has 4 heteroatoms. The quantitative estimate of drug-likeness (QED) is 0.900. The molecule has 0 spiro atoms. The van der Waals surface area contributed by atoms with Gasteiger partial charge in [0.05, 0.1) is 0 Å². The molecule has 0 fully saturated rings. The minimum atomic E-state index is -1.33. The van der Waals surface area contributed by atoms with Crippen LogP contribution in [0.5, 0.6) is 0 Å². The zero-order valence-corrected chi connectivity index (χ0v) is 12.9. The molecule has 0 aromatic heterocycles. The van der Waals surface area contributed by atoms with E-state index < -0.39 is 11.5 Å². The Morgan fingerprint density at radius 3 is 2.05 bits per heavy atom. The molecule has 0 radical (unpaired) electrons. The molecule has 1 unspecified atom stereocenters. The zero-order valence-electron chi connectivity index (χ0n) is 12.9. The van der Waals surface area contributed by atoms with Crippen LogP contribution in [0.3, 0.4) is 0 Å². The molecule has 1 aromatic rings. The second kappa shape index (κ2) is 6.07. The number of hydrogen-bond acceptors (Lipinski definition) is 2. The van der Waals surface area contributed by atoms with Crippen molar-refractivity contribution in [1.82, 2.24) is 4.90 Å². The lowest BCUT2D eigenvalue weighted by Gasteiger charge is -2.38. The van der Waals surface area contributed by atoms with Crippen LogP contribution in [-0.2, 0) is 15.1 Å². The van der Waals surface area contributed by atoms with E-state index in [1.54, 1.807) is 6.92 Å². The summed E-state index contributed by atoms with van der Waals surface area (Å²) in [6.45, 7) is 9.22. The van der Waals surface area contributed by atoms with Gasteiger partial charge in [0.2, 0.25) is 5.91 Å². The molecule has 0 aliphatic carbocycles. The number of carbonyl (C=O) groups excluding carboxylic acids is 1. The minimum Gasteiger partial charge on any atom is -0.479 e. The maximum atomic E-state index is 11.9. The second-order valence-electron chi connectivity index (χ2n) is 5.42. The van der Waals surface area contributed by atoms with Crippen LogP contribution in [0, 0.1) is 13.8 Å². The van der Waals surface area contributed by atoms with Gasteiger partial charge >= 0.3 is 5.97 Å². The molecule has 0 saturated carbocycles. The molecular formula is C16H23NO3. The van der Waals surface area contributed by atoms with Gasteiger partial charge in [-0.3, -0.25) is 4.79 Å². The van der Waals surface area contributed by atoms with Gasteiger partial charge in [0.25, 0.3) is 0 Å². The first kappa shape index (κ1) is 16.2. The molecule has 1 rings (SSSR count). The smallest absolute Gasteiger partial charge is 0.334 e. The Balaban J connectivity index is 3.47. The van der Waals surface area contributed by atoms with Crippen LogP contribution in [0.25, 0.3) is 0 Å². The molecular weight excluding hydrogens is 254 g/mol. The summed E-state index contributed by atoms with van der Waals surface area (Å²) < 4.78 is 0. The fraction of sp³-hybridized carbons (Fsp3) is 0.500. The number of benzene rings is 1. The van der Waals surface area contributed by atoms with Gasteiger partial charge in [-0.25, -0.2) is 4.79 Å². The molecule has 0 heterocycles. The Morgan fingerprint density at radius 1 is 1.20 bits per heavy atom. The Morgan fingerprint density at radius 2 is 1.70 bits per heavy atom. The molecule has 1 aromatic carbocycles. The topological polar surface area (TPSA) is 57.6 Å². The first-order valence-electron chi connectivity index (χ1n) is 6.83. The van der Waals surface area contributed by atoms with Crippen molar-refractivity contribution in [3.63, 3.8) is 0 Å². The zero-order chi connectivity index (χ0) is 15.5. The Bertz CT molecular complexity index is 504. The summed E-state index contributed by atoms with van der Waals surface area (Å²) in [4.78, 5) is 25.2. The fourth-order valence-corrected chi connectivity index (χ4v) is 2.57. The van der Waals surface area contributed by atoms with E-state index in [0.29, 0.717) is 18.5 Å². The largest absolute Gasteiger partial charge is 0.479 e. The van der Waals surface area contributed by atoms with Gasteiger partial charge in [0.1, 0.15) is 0 Å². The highest BCUT2D eigenvalue weighted by atomic mass is 16.4. The molecule has 0 aliphatic rings. The van der Waals surface area contributed by atoms with Crippen LogP contribution in [0.4, 0.5) is 0 Å². The van der Waals surface area contributed by atoms with E-state index in [0.717, 1.165) is 11.1 Å². The summed E-state index contributed by atoms with van der Waals surface area (Å²) in [6.07, 6.45) is 0.716. The summed E-state index contributed by atoms with van der Waals surface area (Å²) in [7, 11) is 0. The van der Waals surface area contributed by atoms with Crippen molar-refractivity contribution < 1.29 is 14.7 Å². The summed E-state index contributed by atoms with van der Waals surface area (Å²) in [5.74, 6) is -1.23. The third-order valence-corrected chi connectivity index (χ3v) is 3.57. The number of rotatable bonds is 5. The molecule has 110 valence electrons. The highest BCUT2D eigenvalue weighted by Gasteiger charge is 2.42. The Labute approximate surface area is 120 Å². The Hall–Kier alpha value is -1.84. The molecule has 1 amide bonds. The number of carboxylic acid groups (broad SMARTS) is 1. The summed E-state index contributed by atoms with van der Waals surface area (Å²) in [6, 6.07) is 5.67. The van der Waals surface area contributed by atoms with Crippen molar-refractivity contribution in [2.75, 3.05) is 6.54 Å². The molecule has 20 heavy (non-hydrogen) atoms. The van der Waals surface area contributed by atoms with Crippen LogP contribution in [-0.4, -0.2) is 28.4 Å². The van der Waals surface area contributed by atoms with Crippen molar-refractivity contribution in [1.29, 1.82) is 0 Å². The SMILES string of the molecule is CCCN(C(C)=O)C(C)(C(=O)O)c1cc(C)cc(C)c1. The van der Waals surface area contributed by atoms with Gasteiger partial charge in [-0.05, 0) is 32.8 Å². The van der Waals surface area contributed by atoms with Crippen LogP contribution in [0.15, 0.2) is 18.2 Å². The number of amides is 1. The van der Waals surface area contributed by atoms with Crippen molar-refractivity contribution in [2.24, 2.45) is 0 Å². The van der Waals surface area contributed by atoms with Crippen molar-refractivity contribution in [3.05, 3.63) is 34.9 Å². The van der Waals surface area contributed by atoms with Gasteiger partial charge < -0.3 is 10.0 Å². The number of nitrogens with zero attached hydrogens (tertiary/aromatic N) is 1. The normalized spacial score (nSPS) is 13.7. The summed E-state index contributed by atoms with van der Waals surface area (Å²) in [5.41, 5.74) is 1.30.